The van der Waals surface area contributed by atoms with Crippen LogP contribution in [0.3, 0.4) is 0 Å². The molecule has 2 aromatic heterocycles. The predicted molar refractivity (Wildman–Crippen MR) is 70.8 cm³/mol. The van der Waals surface area contributed by atoms with Gasteiger partial charge in [0.15, 0.2) is 11.2 Å². The number of sulfone groups is 1. The Morgan fingerprint density at radius 1 is 1.42 bits per heavy atom. The first-order valence-corrected chi connectivity index (χ1v) is 7.86. The number of nitrogens with one attached hydrogen (secondary N) is 1. The van der Waals surface area contributed by atoms with Crippen molar-refractivity contribution in [1.29, 1.82) is 0 Å². The summed E-state index contributed by atoms with van der Waals surface area (Å²) in [4.78, 5) is 15.7. The normalized spacial score (nSPS) is 12.1. The number of pyridine rings is 1. The monoisotopic (exact) mass is 285 g/mol. The zero-order chi connectivity index (χ0) is 13.9. The van der Waals surface area contributed by atoms with Crippen LogP contribution < -0.4 is 11.1 Å². The Morgan fingerprint density at radius 2 is 2.21 bits per heavy atom. The van der Waals surface area contributed by atoms with Gasteiger partial charge in [0.2, 0.25) is 0 Å². The lowest BCUT2D eigenvalue weighted by molar-refractivity contribution is 0.495. The molecule has 0 amide bonds. The molecule has 0 aliphatic rings. The maximum absolute atomic E-state index is 11.6. The number of rotatable bonds is 6. The van der Waals surface area contributed by atoms with Crippen LogP contribution in [0.15, 0.2) is 27.5 Å². The molecule has 0 saturated carbocycles. The standard InChI is InChI=1S/C11H15N3O4S/c1-19(16,17)8-6-12-5-7-14-10-9(18-11(14)15)3-2-4-13-10/h2-4,12H,5-8H2,1H3. The van der Waals surface area contributed by atoms with Crippen LogP contribution in [0, 0.1) is 0 Å². The Bertz CT molecular complexity index is 717. The molecule has 7 nitrogen and oxygen atoms in total. The van der Waals surface area contributed by atoms with Gasteiger partial charge < -0.3 is 9.73 Å². The van der Waals surface area contributed by atoms with Crippen molar-refractivity contribution in [1.82, 2.24) is 14.9 Å². The highest BCUT2D eigenvalue weighted by Crippen LogP contribution is 2.07. The lowest BCUT2D eigenvalue weighted by Crippen LogP contribution is -2.28. The predicted octanol–water partition coefficient (Wildman–Crippen LogP) is -0.376. The summed E-state index contributed by atoms with van der Waals surface area (Å²) in [5.74, 6) is -0.384. The summed E-state index contributed by atoms with van der Waals surface area (Å²) in [6.45, 7) is 1.21. The van der Waals surface area contributed by atoms with Crippen molar-refractivity contribution in [3.8, 4) is 0 Å². The Morgan fingerprint density at radius 3 is 2.95 bits per heavy atom. The maximum atomic E-state index is 11.6. The molecule has 0 atom stereocenters. The van der Waals surface area contributed by atoms with Gasteiger partial charge in [-0.1, -0.05) is 0 Å². The third-order valence-electron chi connectivity index (χ3n) is 2.59. The van der Waals surface area contributed by atoms with Gasteiger partial charge in [-0.15, -0.1) is 0 Å². The molecule has 0 aliphatic heterocycles. The maximum Gasteiger partial charge on any atom is 0.421 e. The van der Waals surface area contributed by atoms with Gasteiger partial charge in [-0.3, -0.25) is 4.57 Å². The van der Waals surface area contributed by atoms with E-state index in [9.17, 15) is 13.2 Å². The molecule has 0 radical (unpaired) electrons. The minimum atomic E-state index is -2.96. The van der Waals surface area contributed by atoms with E-state index in [1.165, 1.54) is 10.8 Å². The second kappa shape index (κ2) is 5.54. The number of nitrogens with zero attached hydrogens (tertiary/aromatic N) is 2. The average molecular weight is 285 g/mol. The van der Waals surface area contributed by atoms with E-state index in [1.807, 2.05) is 0 Å². The van der Waals surface area contributed by atoms with E-state index in [0.717, 1.165) is 0 Å². The smallest absolute Gasteiger partial charge is 0.406 e. The summed E-state index contributed by atoms with van der Waals surface area (Å²) in [5.41, 5.74) is 0.945. The number of oxazole rings is 1. The van der Waals surface area contributed by atoms with E-state index in [1.54, 1.807) is 18.3 Å². The lowest BCUT2D eigenvalue weighted by Gasteiger charge is -2.04. The van der Waals surface area contributed by atoms with Crippen LogP contribution in [0.4, 0.5) is 0 Å². The highest BCUT2D eigenvalue weighted by Gasteiger charge is 2.09. The molecule has 0 spiro atoms. The molecule has 2 aromatic rings. The lowest BCUT2D eigenvalue weighted by atomic mass is 10.4. The molecule has 104 valence electrons. The summed E-state index contributed by atoms with van der Waals surface area (Å²) >= 11 is 0. The van der Waals surface area contributed by atoms with Crippen LogP contribution in [0.5, 0.6) is 0 Å². The summed E-state index contributed by atoms with van der Waals surface area (Å²) in [7, 11) is -2.96. The molecule has 1 N–H and O–H groups in total. The quantitative estimate of drug-likeness (QED) is 0.727. The molecular formula is C11H15N3O4S. The van der Waals surface area contributed by atoms with Crippen molar-refractivity contribution < 1.29 is 12.8 Å². The van der Waals surface area contributed by atoms with Crippen molar-refractivity contribution in [2.24, 2.45) is 0 Å². The van der Waals surface area contributed by atoms with Crippen molar-refractivity contribution >= 4 is 21.1 Å². The average Bonchev–Trinajstić information content (AvgIpc) is 2.64. The molecule has 0 unspecified atom stereocenters. The summed E-state index contributed by atoms with van der Waals surface area (Å²) in [6.07, 6.45) is 2.78. The first-order valence-electron chi connectivity index (χ1n) is 5.80. The van der Waals surface area contributed by atoms with E-state index in [2.05, 4.69) is 10.3 Å². The van der Waals surface area contributed by atoms with Crippen LogP contribution in [-0.2, 0) is 16.4 Å². The van der Waals surface area contributed by atoms with Gasteiger partial charge in [0.25, 0.3) is 0 Å². The fraction of sp³-hybridized carbons (Fsp3) is 0.455. The Labute approximate surface area is 110 Å². The van der Waals surface area contributed by atoms with Crippen LogP contribution >= 0.6 is 0 Å². The second-order valence-electron chi connectivity index (χ2n) is 4.22. The molecule has 0 aliphatic carbocycles. The van der Waals surface area contributed by atoms with Gasteiger partial charge in [0.05, 0.1) is 5.75 Å². The molecular weight excluding hydrogens is 270 g/mol. The zero-order valence-corrected chi connectivity index (χ0v) is 11.3. The largest absolute Gasteiger partial charge is 0.421 e. The Kier molecular flexibility index (Phi) is 4.01. The molecule has 0 bridgehead atoms. The summed E-state index contributed by atoms with van der Waals surface area (Å²) in [6, 6.07) is 3.37. The molecule has 19 heavy (non-hydrogen) atoms. The Hall–Kier alpha value is -1.67. The van der Waals surface area contributed by atoms with Crippen LogP contribution in [-0.4, -0.2) is 43.1 Å². The highest BCUT2D eigenvalue weighted by molar-refractivity contribution is 7.90. The molecule has 2 rings (SSSR count). The highest BCUT2D eigenvalue weighted by atomic mass is 32.2. The molecule has 0 saturated heterocycles. The molecule has 0 aromatic carbocycles. The van der Waals surface area contributed by atoms with Crippen molar-refractivity contribution in [2.75, 3.05) is 25.1 Å². The molecule has 8 heteroatoms. The molecule has 0 fully saturated rings. The van der Waals surface area contributed by atoms with Gasteiger partial charge in [0.1, 0.15) is 9.84 Å². The minimum Gasteiger partial charge on any atom is -0.406 e. The number of fused-ring (bicyclic) bond motifs is 1. The topological polar surface area (TPSA) is 94.2 Å². The third kappa shape index (κ3) is 3.65. The zero-order valence-electron chi connectivity index (χ0n) is 10.5. The van der Waals surface area contributed by atoms with Gasteiger partial charge in [0, 0.05) is 32.1 Å². The second-order valence-corrected chi connectivity index (χ2v) is 6.48. The first-order chi connectivity index (χ1) is 8.97. The van der Waals surface area contributed by atoms with E-state index in [0.29, 0.717) is 30.9 Å². The van der Waals surface area contributed by atoms with Crippen LogP contribution in [0.25, 0.3) is 11.2 Å². The SMILES string of the molecule is CS(=O)(=O)CCNCCn1c(=O)oc2cccnc21. The van der Waals surface area contributed by atoms with Crippen molar-refractivity contribution in [3.63, 3.8) is 0 Å². The first kappa shape index (κ1) is 13.8. The van der Waals surface area contributed by atoms with Crippen molar-refractivity contribution in [3.05, 3.63) is 28.9 Å². The van der Waals surface area contributed by atoms with E-state index in [-0.39, 0.29) is 5.75 Å². The van der Waals surface area contributed by atoms with Gasteiger partial charge in [-0.25, -0.2) is 18.2 Å². The molecule has 2 heterocycles. The van der Waals surface area contributed by atoms with Gasteiger partial charge >= 0.3 is 5.76 Å². The minimum absolute atomic E-state index is 0.0757. The fourth-order valence-electron chi connectivity index (χ4n) is 1.67. The number of aromatic nitrogens is 2. The van der Waals surface area contributed by atoms with Crippen molar-refractivity contribution in [2.45, 2.75) is 6.54 Å². The fourth-order valence-corrected chi connectivity index (χ4v) is 2.19. The van der Waals surface area contributed by atoms with Gasteiger partial charge in [-0.05, 0) is 12.1 Å². The van der Waals surface area contributed by atoms with E-state index in [4.69, 9.17) is 4.42 Å². The number of hydrogen-bond acceptors (Lipinski definition) is 6. The summed E-state index contributed by atoms with van der Waals surface area (Å²) in [5, 5.41) is 2.96. The third-order valence-corrected chi connectivity index (χ3v) is 3.53. The van der Waals surface area contributed by atoms with Crippen LogP contribution in [0.1, 0.15) is 0 Å². The van der Waals surface area contributed by atoms with Gasteiger partial charge in [-0.2, -0.15) is 0 Å². The van der Waals surface area contributed by atoms with E-state index < -0.39 is 15.6 Å². The Balaban J connectivity index is 1.95. The van der Waals surface area contributed by atoms with Crippen LogP contribution in [0.2, 0.25) is 0 Å². The van der Waals surface area contributed by atoms with E-state index >= 15 is 0 Å². The summed E-state index contributed by atoms with van der Waals surface area (Å²) < 4.78 is 28.3. The number of hydrogen-bond donors (Lipinski definition) is 1.